The van der Waals surface area contributed by atoms with E-state index in [2.05, 4.69) is 21.2 Å². The summed E-state index contributed by atoms with van der Waals surface area (Å²) < 4.78 is 6.01. The summed E-state index contributed by atoms with van der Waals surface area (Å²) in [6.07, 6.45) is 2.00. The second-order valence-electron chi connectivity index (χ2n) is 6.60. The third-order valence-corrected chi connectivity index (χ3v) is 5.41. The number of hydrogen-bond donors (Lipinski definition) is 1. The highest BCUT2D eigenvalue weighted by molar-refractivity contribution is 9.10. The molecule has 142 valence electrons. The van der Waals surface area contributed by atoms with Gasteiger partial charge in [-0.15, -0.1) is 0 Å². The van der Waals surface area contributed by atoms with Crippen molar-refractivity contribution in [3.05, 3.63) is 58.6 Å². The van der Waals surface area contributed by atoms with Crippen LogP contribution >= 0.6 is 15.9 Å². The molecule has 27 heavy (non-hydrogen) atoms. The number of methoxy groups -OCH3 is 1. The number of ether oxygens (including phenoxy) is 1. The maximum Gasteiger partial charge on any atom is 0.227 e. The maximum atomic E-state index is 12.4. The Morgan fingerprint density at radius 2 is 1.96 bits per heavy atom. The lowest BCUT2D eigenvalue weighted by molar-refractivity contribution is -0.126. The summed E-state index contributed by atoms with van der Waals surface area (Å²) >= 11 is 3.47. The molecule has 6 heteroatoms. The standard InChI is InChI=1S/C21H23BrN2O3/c1-27-17-10-8-15(9-11-17)5-4-12-23-21(26)16-13-20(25)24(14-16)19-7-3-2-6-18(19)22/h2-3,6-11,16H,4-5,12-14H2,1H3,(H,23,26). The second-order valence-corrected chi connectivity index (χ2v) is 7.45. The van der Waals surface area contributed by atoms with E-state index in [0.29, 0.717) is 13.1 Å². The molecule has 2 amide bonds. The van der Waals surface area contributed by atoms with Crippen LogP contribution in [0.3, 0.4) is 0 Å². The summed E-state index contributed by atoms with van der Waals surface area (Å²) in [5.41, 5.74) is 2.03. The van der Waals surface area contributed by atoms with Crippen LogP contribution in [0.15, 0.2) is 53.0 Å². The zero-order valence-corrected chi connectivity index (χ0v) is 16.9. The van der Waals surface area contributed by atoms with Crippen LogP contribution in [0.2, 0.25) is 0 Å². The van der Waals surface area contributed by atoms with E-state index in [0.717, 1.165) is 28.8 Å². The van der Waals surface area contributed by atoms with Gasteiger partial charge in [0.1, 0.15) is 5.75 Å². The average molecular weight is 431 g/mol. The van der Waals surface area contributed by atoms with Gasteiger partial charge in [-0.3, -0.25) is 9.59 Å². The number of amides is 2. The van der Waals surface area contributed by atoms with E-state index in [-0.39, 0.29) is 24.2 Å². The molecule has 1 fully saturated rings. The van der Waals surface area contributed by atoms with Crippen LogP contribution in [0.5, 0.6) is 5.75 Å². The monoisotopic (exact) mass is 430 g/mol. The molecule has 0 radical (unpaired) electrons. The molecule has 0 saturated carbocycles. The summed E-state index contributed by atoms with van der Waals surface area (Å²) in [6, 6.07) is 15.5. The van der Waals surface area contributed by atoms with Crippen molar-refractivity contribution in [1.29, 1.82) is 0 Å². The molecule has 1 aliphatic heterocycles. The lowest BCUT2D eigenvalue weighted by Crippen LogP contribution is -2.33. The molecule has 1 atom stereocenters. The first-order valence-electron chi connectivity index (χ1n) is 9.04. The average Bonchev–Trinajstić information content (AvgIpc) is 3.07. The van der Waals surface area contributed by atoms with Crippen LogP contribution in [0.25, 0.3) is 0 Å². The van der Waals surface area contributed by atoms with Crippen LogP contribution in [0.4, 0.5) is 5.69 Å². The molecule has 2 aromatic carbocycles. The number of nitrogens with one attached hydrogen (secondary N) is 1. The van der Waals surface area contributed by atoms with Gasteiger partial charge in [-0.2, -0.15) is 0 Å². The van der Waals surface area contributed by atoms with Crippen LogP contribution in [0, 0.1) is 5.92 Å². The number of anilines is 1. The number of rotatable bonds is 7. The second kappa shape index (κ2) is 9.04. The highest BCUT2D eigenvalue weighted by atomic mass is 79.9. The van der Waals surface area contributed by atoms with Crippen LogP contribution in [0.1, 0.15) is 18.4 Å². The van der Waals surface area contributed by atoms with Crippen LogP contribution in [-0.4, -0.2) is 32.0 Å². The molecule has 1 N–H and O–H groups in total. The van der Waals surface area contributed by atoms with Gasteiger partial charge in [0.25, 0.3) is 0 Å². The van der Waals surface area contributed by atoms with E-state index in [9.17, 15) is 9.59 Å². The zero-order chi connectivity index (χ0) is 19.2. The third kappa shape index (κ3) is 4.89. The van der Waals surface area contributed by atoms with Crippen molar-refractivity contribution >= 4 is 33.4 Å². The Kier molecular flexibility index (Phi) is 6.50. The SMILES string of the molecule is COc1ccc(CCCNC(=O)C2CC(=O)N(c3ccccc3Br)C2)cc1. The number of para-hydroxylation sites is 1. The van der Waals surface area contributed by atoms with Gasteiger partial charge in [-0.25, -0.2) is 0 Å². The minimum Gasteiger partial charge on any atom is -0.497 e. The minimum atomic E-state index is -0.300. The number of carbonyl (C=O) groups excluding carboxylic acids is 2. The van der Waals surface area contributed by atoms with Crippen molar-refractivity contribution in [2.75, 3.05) is 25.1 Å². The van der Waals surface area contributed by atoms with E-state index < -0.39 is 0 Å². The molecule has 1 unspecified atom stereocenters. The number of aryl methyl sites for hydroxylation is 1. The Labute approximate surface area is 167 Å². The third-order valence-electron chi connectivity index (χ3n) is 4.74. The summed E-state index contributed by atoms with van der Waals surface area (Å²) in [5.74, 6) is 0.478. The Morgan fingerprint density at radius 1 is 1.22 bits per heavy atom. The Morgan fingerprint density at radius 3 is 2.67 bits per heavy atom. The molecular formula is C21H23BrN2O3. The Hall–Kier alpha value is -2.34. The van der Waals surface area contributed by atoms with Gasteiger partial charge in [0, 0.05) is 24.0 Å². The van der Waals surface area contributed by atoms with E-state index in [4.69, 9.17) is 4.74 Å². The molecule has 1 aliphatic rings. The first-order valence-corrected chi connectivity index (χ1v) is 9.83. The molecule has 0 aromatic heterocycles. The summed E-state index contributed by atoms with van der Waals surface area (Å²) in [4.78, 5) is 26.4. The topological polar surface area (TPSA) is 58.6 Å². The number of nitrogens with zero attached hydrogens (tertiary/aromatic N) is 1. The lowest BCUT2D eigenvalue weighted by atomic mass is 10.1. The number of halogens is 1. The van der Waals surface area contributed by atoms with Gasteiger partial charge >= 0.3 is 0 Å². The van der Waals surface area contributed by atoms with Gasteiger partial charge in [0.2, 0.25) is 11.8 Å². The van der Waals surface area contributed by atoms with Gasteiger partial charge in [0.05, 0.1) is 18.7 Å². The van der Waals surface area contributed by atoms with Crippen molar-refractivity contribution < 1.29 is 14.3 Å². The summed E-state index contributed by atoms with van der Waals surface area (Å²) in [7, 11) is 1.65. The molecule has 0 spiro atoms. The normalized spacial score (nSPS) is 16.4. The van der Waals surface area contributed by atoms with Crippen molar-refractivity contribution in [3.8, 4) is 5.75 Å². The van der Waals surface area contributed by atoms with Crippen LogP contribution < -0.4 is 15.0 Å². The van der Waals surface area contributed by atoms with Crippen molar-refractivity contribution in [2.24, 2.45) is 5.92 Å². The fourth-order valence-corrected chi connectivity index (χ4v) is 3.73. The largest absolute Gasteiger partial charge is 0.497 e. The smallest absolute Gasteiger partial charge is 0.227 e. The molecular weight excluding hydrogens is 408 g/mol. The highest BCUT2D eigenvalue weighted by Crippen LogP contribution is 2.31. The molecule has 3 rings (SSSR count). The van der Waals surface area contributed by atoms with Gasteiger partial charge in [-0.1, -0.05) is 24.3 Å². The predicted molar refractivity (Wildman–Crippen MR) is 109 cm³/mol. The molecule has 1 saturated heterocycles. The molecule has 0 bridgehead atoms. The van der Waals surface area contributed by atoms with E-state index in [1.165, 1.54) is 5.56 Å². The maximum absolute atomic E-state index is 12.4. The van der Waals surface area contributed by atoms with Crippen molar-refractivity contribution in [1.82, 2.24) is 5.32 Å². The predicted octanol–water partition coefficient (Wildman–Crippen LogP) is 3.56. The van der Waals surface area contributed by atoms with E-state index in [1.54, 1.807) is 12.0 Å². The van der Waals surface area contributed by atoms with E-state index in [1.807, 2.05) is 48.5 Å². The molecule has 1 heterocycles. The number of hydrogen-bond acceptors (Lipinski definition) is 3. The number of benzene rings is 2. The fraction of sp³-hybridized carbons (Fsp3) is 0.333. The molecule has 5 nitrogen and oxygen atoms in total. The zero-order valence-electron chi connectivity index (χ0n) is 15.3. The van der Waals surface area contributed by atoms with Crippen LogP contribution in [-0.2, 0) is 16.0 Å². The number of carbonyl (C=O) groups is 2. The van der Waals surface area contributed by atoms with Gasteiger partial charge < -0.3 is 15.0 Å². The highest BCUT2D eigenvalue weighted by Gasteiger charge is 2.35. The summed E-state index contributed by atoms with van der Waals surface area (Å²) in [6.45, 7) is 1.02. The summed E-state index contributed by atoms with van der Waals surface area (Å²) in [5, 5.41) is 2.97. The Bertz CT molecular complexity index is 807. The molecule has 0 aliphatic carbocycles. The first-order chi connectivity index (χ1) is 13.1. The molecule has 2 aromatic rings. The Balaban J connectivity index is 1.46. The van der Waals surface area contributed by atoms with Crippen molar-refractivity contribution in [3.63, 3.8) is 0 Å². The van der Waals surface area contributed by atoms with Gasteiger partial charge in [-0.05, 0) is 58.6 Å². The lowest BCUT2D eigenvalue weighted by Gasteiger charge is -2.18. The van der Waals surface area contributed by atoms with Crippen molar-refractivity contribution in [2.45, 2.75) is 19.3 Å². The fourth-order valence-electron chi connectivity index (χ4n) is 3.23. The van der Waals surface area contributed by atoms with Gasteiger partial charge in [0.15, 0.2) is 0 Å². The van der Waals surface area contributed by atoms with E-state index >= 15 is 0 Å². The quantitative estimate of drug-likeness (QED) is 0.683. The first kappa shape index (κ1) is 19.4. The minimum absolute atomic E-state index is 0.0136.